The van der Waals surface area contributed by atoms with Crippen LogP contribution in [-0.4, -0.2) is 56.5 Å². The summed E-state index contributed by atoms with van der Waals surface area (Å²) in [5, 5.41) is 3.43. The normalized spacial score (nSPS) is 31.5. The Morgan fingerprint density at radius 2 is 2.00 bits per heavy atom. The SMILES string of the molecule is CC(CNC1CCCS(=O)(=O)C1)N1CCCC1. The molecule has 0 bridgehead atoms. The van der Waals surface area contributed by atoms with E-state index >= 15 is 0 Å². The molecule has 0 aliphatic carbocycles. The van der Waals surface area contributed by atoms with Gasteiger partial charge in [-0.25, -0.2) is 8.42 Å². The molecule has 0 aromatic heterocycles. The van der Waals surface area contributed by atoms with Gasteiger partial charge in [-0.2, -0.15) is 0 Å². The van der Waals surface area contributed by atoms with Crippen molar-refractivity contribution in [2.24, 2.45) is 0 Å². The van der Waals surface area contributed by atoms with Crippen molar-refractivity contribution in [2.75, 3.05) is 31.1 Å². The first-order valence-electron chi connectivity index (χ1n) is 6.75. The molecule has 2 heterocycles. The largest absolute Gasteiger partial charge is 0.311 e. The number of rotatable bonds is 4. The van der Waals surface area contributed by atoms with Crippen molar-refractivity contribution in [3.05, 3.63) is 0 Å². The molecule has 2 aliphatic rings. The lowest BCUT2D eigenvalue weighted by Crippen LogP contribution is -2.46. The Morgan fingerprint density at radius 3 is 2.65 bits per heavy atom. The topological polar surface area (TPSA) is 49.4 Å². The van der Waals surface area contributed by atoms with Gasteiger partial charge in [-0.05, 0) is 45.7 Å². The number of likely N-dealkylation sites (tertiary alicyclic amines) is 1. The van der Waals surface area contributed by atoms with Crippen LogP contribution in [0.5, 0.6) is 0 Å². The smallest absolute Gasteiger partial charge is 0.151 e. The summed E-state index contributed by atoms with van der Waals surface area (Å²) < 4.78 is 23.0. The summed E-state index contributed by atoms with van der Waals surface area (Å²) in [5.74, 6) is 0.715. The van der Waals surface area contributed by atoms with Gasteiger partial charge in [-0.1, -0.05) is 0 Å². The third kappa shape index (κ3) is 3.93. The molecule has 2 saturated heterocycles. The molecule has 0 aromatic carbocycles. The Hall–Kier alpha value is -0.130. The summed E-state index contributed by atoms with van der Waals surface area (Å²) in [6, 6.07) is 0.709. The highest BCUT2D eigenvalue weighted by Gasteiger charge is 2.25. The zero-order valence-corrected chi connectivity index (χ0v) is 11.5. The molecule has 2 fully saturated rings. The first kappa shape index (κ1) is 13.3. The number of nitrogens with one attached hydrogen (secondary N) is 1. The van der Waals surface area contributed by atoms with E-state index in [0.29, 0.717) is 17.5 Å². The van der Waals surface area contributed by atoms with E-state index in [1.54, 1.807) is 0 Å². The minimum atomic E-state index is -2.77. The Kier molecular flexibility index (Phi) is 4.44. The molecule has 100 valence electrons. The standard InChI is InChI=1S/C12H24N2O2S/c1-11(14-6-2-3-7-14)9-13-12-5-4-8-17(15,16)10-12/h11-13H,2-10H2,1H3. The average molecular weight is 260 g/mol. The van der Waals surface area contributed by atoms with Crippen molar-refractivity contribution < 1.29 is 8.42 Å². The second-order valence-electron chi connectivity index (χ2n) is 5.45. The Labute approximate surface area is 105 Å². The summed E-state index contributed by atoms with van der Waals surface area (Å²) in [4.78, 5) is 2.49. The lowest BCUT2D eigenvalue weighted by Gasteiger charge is -2.28. The third-order valence-corrected chi connectivity index (χ3v) is 5.75. The molecule has 0 radical (unpaired) electrons. The van der Waals surface area contributed by atoms with Crippen LogP contribution in [0.15, 0.2) is 0 Å². The van der Waals surface area contributed by atoms with Crippen LogP contribution in [0.2, 0.25) is 0 Å². The highest BCUT2D eigenvalue weighted by atomic mass is 32.2. The molecule has 2 atom stereocenters. The highest BCUT2D eigenvalue weighted by molar-refractivity contribution is 7.91. The molecule has 0 amide bonds. The lowest BCUT2D eigenvalue weighted by atomic mass is 10.1. The van der Waals surface area contributed by atoms with Gasteiger partial charge < -0.3 is 5.32 Å². The van der Waals surface area contributed by atoms with Crippen LogP contribution >= 0.6 is 0 Å². The van der Waals surface area contributed by atoms with E-state index in [4.69, 9.17) is 0 Å². The molecule has 0 saturated carbocycles. The van der Waals surface area contributed by atoms with E-state index in [0.717, 1.165) is 19.4 Å². The van der Waals surface area contributed by atoms with Crippen LogP contribution in [0.25, 0.3) is 0 Å². The van der Waals surface area contributed by atoms with E-state index in [-0.39, 0.29) is 6.04 Å². The number of nitrogens with zero attached hydrogens (tertiary/aromatic N) is 1. The first-order chi connectivity index (χ1) is 8.07. The van der Waals surface area contributed by atoms with Crippen LogP contribution in [0.4, 0.5) is 0 Å². The van der Waals surface area contributed by atoms with E-state index in [1.165, 1.54) is 25.9 Å². The van der Waals surface area contributed by atoms with E-state index in [2.05, 4.69) is 17.1 Å². The van der Waals surface area contributed by atoms with Gasteiger partial charge in [0.2, 0.25) is 0 Å². The number of hydrogen-bond acceptors (Lipinski definition) is 4. The predicted molar refractivity (Wildman–Crippen MR) is 69.9 cm³/mol. The van der Waals surface area contributed by atoms with Crippen LogP contribution in [-0.2, 0) is 9.84 Å². The van der Waals surface area contributed by atoms with Gasteiger partial charge in [0.05, 0.1) is 11.5 Å². The second kappa shape index (κ2) is 5.67. The predicted octanol–water partition coefficient (Wildman–Crippen LogP) is 0.638. The summed E-state index contributed by atoms with van der Waals surface area (Å²) in [5.41, 5.74) is 0. The van der Waals surface area contributed by atoms with Crippen LogP contribution in [0.3, 0.4) is 0 Å². The lowest BCUT2D eigenvalue weighted by molar-refractivity contribution is 0.245. The Morgan fingerprint density at radius 1 is 1.29 bits per heavy atom. The van der Waals surface area contributed by atoms with E-state index in [1.807, 2.05) is 0 Å². The van der Waals surface area contributed by atoms with Crippen molar-refractivity contribution in [1.29, 1.82) is 0 Å². The first-order valence-corrected chi connectivity index (χ1v) is 8.57. The minimum absolute atomic E-state index is 0.179. The Bertz CT molecular complexity index is 336. The molecule has 1 N–H and O–H groups in total. The van der Waals surface area contributed by atoms with Gasteiger partial charge in [-0.3, -0.25) is 4.90 Å². The van der Waals surface area contributed by atoms with Crippen LogP contribution in [0, 0.1) is 0 Å². The zero-order chi connectivity index (χ0) is 12.3. The number of hydrogen-bond donors (Lipinski definition) is 1. The fourth-order valence-corrected chi connectivity index (χ4v) is 4.50. The molecule has 0 aromatic rings. The number of sulfone groups is 1. The molecule has 2 rings (SSSR count). The van der Waals surface area contributed by atoms with Gasteiger partial charge in [0.25, 0.3) is 0 Å². The molecular weight excluding hydrogens is 236 g/mol. The molecular formula is C12H24N2O2S. The quantitative estimate of drug-likeness (QED) is 0.806. The van der Waals surface area contributed by atoms with Crippen molar-refractivity contribution in [3.63, 3.8) is 0 Å². The van der Waals surface area contributed by atoms with Crippen LogP contribution < -0.4 is 5.32 Å². The minimum Gasteiger partial charge on any atom is -0.311 e. The fourth-order valence-electron chi connectivity index (χ4n) is 2.83. The monoisotopic (exact) mass is 260 g/mol. The van der Waals surface area contributed by atoms with Crippen molar-refractivity contribution >= 4 is 9.84 Å². The van der Waals surface area contributed by atoms with Crippen molar-refractivity contribution in [2.45, 2.75) is 44.7 Å². The van der Waals surface area contributed by atoms with Crippen LogP contribution in [0.1, 0.15) is 32.6 Å². The second-order valence-corrected chi connectivity index (χ2v) is 7.68. The van der Waals surface area contributed by atoms with E-state index < -0.39 is 9.84 Å². The molecule has 0 spiro atoms. The van der Waals surface area contributed by atoms with Gasteiger partial charge in [0.15, 0.2) is 9.84 Å². The third-order valence-electron chi connectivity index (χ3n) is 3.93. The summed E-state index contributed by atoms with van der Waals surface area (Å²) in [6.07, 6.45) is 4.44. The summed E-state index contributed by atoms with van der Waals surface area (Å²) in [6.45, 7) is 5.55. The van der Waals surface area contributed by atoms with Crippen molar-refractivity contribution in [1.82, 2.24) is 10.2 Å². The van der Waals surface area contributed by atoms with Gasteiger partial charge in [0, 0.05) is 18.6 Å². The molecule has 4 nitrogen and oxygen atoms in total. The maximum Gasteiger partial charge on any atom is 0.151 e. The molecule has 2 aliphatic heterocycles. The highest BCUT2D eigenvalue weighted by Crippen LogP contribution is 2.14. The zero-order valence-electron chi connectivity index (χ0n) is 10.7. The summed E-state index contributed by atoms with van der Waals surface area (Å²) >= 11 is 0. The van der Waals surface area contributed by atoms with Gasteiger partial charge in [-0.15, -0.1) is 0 Å². The van der Waals surface area contributed by atoms with Gasteiger partial charge >= 0.3 is 0 Å². The molecule has 2 unspecified atom stereocenters. The summed E-state index contributed by atoms with van der Waals surface area (Å²) in [7, 11) is -2.77. The van der Waals surface area contributed by atoms with Gasteiger partial charge in [0.1, 0.15) is 0 Å². The maximum absolute atomic E-state index is 11.5. The average Bonchev–Trinajstić information content (AvgIpc) is 2.78. The maximum atomic E-state index is 11.5. The fraction of sp³-hybridized carbons (Fsp3) is 1.00. The molecule has 5 heteroatoms. The van der Waals surface area contributed by atoms with Crippen molar-refractivity contribution in [3.8, 4) is 0 Å². The van der Waals surface area contributed by atoms with E-state index in [9.17, 15) is 8.42 Å². The molecule has 17 heavy (non-hydrogen) atoms. The Balaban J connectivity index is 1.74.